The van der Waals surface area contributed by atoms with Gasteiger partial charge < -0.3 is 37.6 Å². The maximum absolute atomic E-state index is 13.5. The molecule has 0 amide bonds. The van der Waals surface area contributed by atoms with Gasteiger partial charge in [0, 0.05) is 26.0 Å². The highest BCUT2D eigenvalue weighted by Gasteiger charge is 2.53. The first kappa shape index (κ1) is 33.3. The summed E-state index contributed by atoms with van der Waals surface area (Å²) in [6.45, 7) is -2.04. The van der Waals surface area contributed by atoms with Gasteiger partial charge in [-0.3, -0.25) is 18.9 Å². The van der Waals surface area contributed by atoms with Crippen molar-refractivity contribution in [2.45, 2.75) is 58.5 Å². The van der Waals surface area contributed by atoms with Gasteiger partial charge in [-0.15, -0.1) is 0 Å². The Balaban J connectivity index is 2.41. The predicted octanol–water partition coefficient (Wildman–Crippen LogP) is 2.18. The van der Waals surface area contributed by atoms with Gasteiger partial charge in [0.1, 0.15) is 18.3 Å². The second kappa shape index (κ2) is 15.2. The number of methoxy groups -OCH3 is 2. The quantitative estimate of drug-likeness (QED) is 0.149. The van der Waals surface area contributed by atoms with Crippen LogP contribution in [0.4, 0.5) is 0 Å². The number of ether oxygens (including phenoxy) is 4. The van der Waals surface area contributed by atoms with E-state index in [-0.39, 0.29) is 49.6 Å². The number of H-pyrrole nitrogens is 1. The molecule has 0 radical (unpaired) electrons. The lowest BCUT2D eigenvalue weighted by Gasteiger charge is -2.28. The highest BCUT2D eigenvalue weighted by atomic mass is 33.1. The maximum atomic E-state index is 13.5. The second-order valence-electron chi connectivity index (χ2n) is 7.72. The van der Waals surface area contributed by atoms with Gasteiger partial charge in [0.05, 0.1) is 44.0 Å². The second-order valence-corrected chi connectivity index (χ2v) is 15.3. The average molecular weight is 607 g/mol. The first-order chi connectivity index (χ1) is 18.0. The number of hydrogen-bond donors (Lipinski definition) is 2. The molecule has 1 aromatic rings. The normalized spacial score (nSPS) is 24.4. The summed E-state index contributed by atoms with van der Waals surface area (Å²) in [4.78, 5) is 26.7. The van der Waals surface area contributed by atoms with Crippen molar-refractivity contribution in [2.24, 2.45) is 0 Å². The van der Waals surface area contributed by atoms with Crippen LogP contribution in [0, 0.1) is 6.92 Å². The Morgan fingerprint density at radius 2 is 1.66 bits per heavy atom. The molecule has 38 heavy (non-hydrogen) atoms. The van der Waals surface area contributed by atoms with Crippen molar-refractivity contribution in [3.63, 3.8) is 0 Å². The maximum Gasteiger partial charge on any atom is 0.402 e. The molecule has 1 fully saturated rings. The van der Waals surface area contributed by atoms with Gasteiger partial charge in [-0.25, -0.2) is 13.9 Å². The van der Waals surface area contributed by atoms with Gasteiger partial charge in [0.2, 0.25) is 0 Å². The third-order valence-electron chi connectivity index (χ3n) is 5.09. The lowest BCUT2D eigenvalue weighted by atomic mass is 10.1. The van der Waals surface area contributed by atoms with E-state index in [9.17, 15) is 23.8 Å². The molecule has 2 heterocycles. The van der Waals surface area contributed by atoms with Gasteiger partial charge in [0.25, 0.3) is 5.56 Å². The largest absolute Gasteiger partial charge is 0.402 e. The fourth-order valence-corrected chi connectivity index (χ4v) is 11.8. The lowest BCUT2D eigenvalue weighted by molar-refractivity contribution is -0.160. The van der Waals surface area contributed by atoms with Crippen molar-refractivity contribution in [3.05, 3.63) is 32.6 Å². The van der Waals surface area contributed by atoms with Crippen molar-refractivity contribution in [1.82, 2.24) is 9.55 Å². The van der Waals surface area contributed by atoms with Crippen LogP contribution in [0.2, 0.25) is 0 Å². The third-order valence-corrected chi connectivity index (χ3v) is 13.7. The Morgan fingerprint density at radius 1 is 1.05 bits per heavy atom. The molecule has 0 aliphatic carbocycles. The lowest BCUT2D eigenvalue weighted by Crippen LogP contribution is -2.43. The van der Waals surface area contributed by atoms with Crippen LogP contribution in [-0.2, 0) is 46.2 Å². The number of hydrogen-bond acceptors (Lipinski definition) is 14. The molecule has 1 aromatic heterocycles. The van der Waals surface area contributed by atoms with Crippen LogP contribution in [-0.4, -0.2) is 86.5 Å². The average Bonchev–Trinajstić information content (AvgIpc) is 3.20. The molecular weight excluding hydrogens is 570 g/mol. The minimum Gasteiger partial charge on any atom is -0.382 e. The first-order valence-corrected chi connectivity index (χ1v) is 16.9. The highest BCUT2D eigenvalue weighted by Crippen LogP contribution is 2.79. The number of nitrogens with zero attached hydrogens (tertiary/aromatic N) is 1. The molecule has 2 N–H and O–H groups in total. The van der Waals surface area contributed by atoms with E-state index >= 15 is 0 Å². The molecule has 15 nitrogen and oxygen atoms in total. The molecule has 6 atom stereocenters. The molecule has 18 heteroatoms. The van der Waals surface area contributed by atoms with Crippen molar-refractivity contribution in [3.8, 4) is 0 Å². The molecule has 1 aliphatic rings. The topological polar surface area (TPSA) is 183 Å². The van der Waals surface area contributed by atoms with Crippen molar-refractivity contribution in [2.75, 3.05) is 47.3 Å². The number of nitrogens with one attached hydrogen (secondary N) is 1. The van der Waals surface area contributed by atoms with E-state index in [0.717, 1.165) is 4.57 Å². The molecule has 1 saturated heterocycles. The highest BCUT2D eigenvalue weighted by molar-refractivity contribution is 8.84. The Bertz CT molecular complexity index is 1090. The van der Waals surface area contributed by atoms with Gasteiger partial charge >= 0.3 is 19.3 Å². The monoisotopic (exact) mass is 606 g/mol. The summed E-state index contributed by atoms with van der Waals surface area (Å²) >= 11 is 0.208. The number of aryl methyl sites for hydroxylation is 1. The van der Waals surface area contributed by atoms with Gasteiger partial charge in [-0.05, 0) is 27.7 Å². The standard InChI is InChI=1S/C20H36N2O13P2S/c1-7-31-36(26,32-8-2)38-37(27,33-9-3)35-19(24)16-14(29-6)15(30-11-10-28-5)18(34-16)22-12-13(4)17(23)21-20(22)25/h12,14-16,18-19,24H,7-11H2,1-6H3,(H,21,23,25)/t14-,15+,16?,18+,19?,37?/m0/s1. The molecule has 0 spiro atoms. The fourth-order valence-electron chi connectivity index (χ4n) is 3.55. The number of aromatic nitrogens is 2. The van der Waals surface area contributed by atoms with Crippen LogP contribution < -0.4 is 11.2 Å². The van der Waals surface area contributed by atoms with E-state index in [0.29, 0.717) is 0 Å². The van der Waals surface area contributed by atoms with Gasteiger partial charge in [0.15, 0.2) is 12.5 Å². The number of aliphatic hydroxyl groups excluding tert-OH is 1. The summed E-state index contributed by atoms with van der Waals surface area (Å²) < 4.78 is 70.9. The minimum atomic E-state index is -4.37. The van der Waals surface area contributed by atoms with E-state index < -0.39 is 55.7 Å². The summed E-state index contributed by atoms with van der Waals surface area (Å²) in [6, 6.07) is 0. The van der Waals surface area contributed by atoms with Crippen LogP contribution >= 0.6 is 24.6 Å². The van der Waals surface area contributed by atoms with Crippen molar-refractivity contribution in [1.29, 1.82) is 0 Å². The van der Waals surface area contributed by atoms with Gasteiger partial charge in [-0.2, -0.15) is 0 Å². The van der Waals surface area contributed by atoms with Gasteiger partial charge in [-0.1, -0.05) is 0 Å². The Kier molecular flexibility index (Phi) is 13.4. The summed E-state index contributed by atoms with van der Waals surface area (Å²) in [5.74, 6) is 0. The molecular formula is C20H36N2O13P2S. The first-order valence-electron chi connectivity index (χ1n) is 11.8. The molecule has 3 unspecified atom stereocenters. The van der Waals surface area contributed by atoms with Crippen LogP contribution in [0.5, 0.6) is 0 Å². The van der Waals surface area contributed by atoms with Crippen LogP contribution in [0.15, 0.2) is 15.8 Å². The zero-order valence-corrected chi connectivity index (χ0v) is 24.7. The molecule has 1 aliphatic heterocycles. The van der Waals surface area contributed by atoms with E-state index in [2.05, 4.69) is 4.98 Å². The number of aliphatic hydroxyl groups is 1. The van der Waals surface area contributed by atoms with Crippen LogP contribution in [0.1, 0.15) is 32.6 Å². The SMILES string of the molecule is CCOP(=O)(OCC)SP(=O)(OCC)OC(O)C1O[C@@H](n2cc(C)c(=O)[nH]c2=O)[C@H](OCCOC)[C@@H]1OC. The smallest absolute Gasteiger partial charge is 0.382 e. The molecule has 220 valence electrons. The molecule has 0 bridgehead atoms. The summed E-state index contributed by atoms with van der Waals surface area (Å²) in [7, 11) is 2.79. The van der Waals surface area contributed by atoms with E-state index in [4.69, 9.17) is 37.0 Å². The molecule has 0 saturated carbocycles. The number of rotatable bonds is 17. The molecule has 0 aromatic carbocycles. The zero-order chi connectivity index (χ0) is 28.5. The van der Waals surface area contributed by atoms with E-state index in [1.54, 1.807) is 13.8 Å². The van der Waals surface area contributed by atoms with Crippen molar-refractivity contribution < 1.29 is 51.3 Å². The molecule has 2 rings (SSSR count). The van der Waals surface area contributed by atoms with Crippen LogP contribution in [0.25, 0.3) is 0 Å². The predicted molar refractivity (Wildman–Crippen MR) is 137 cm³/mol. The van der Waals surface area contributed by atoms with E-state index in [1.165, 1.54) is 34.3 Å². The Labute approximate surface area is 223 Å². The van der Waals surface area contributed by atoms with Crippen molar-refractivity contribution >= 4 is 24.6 Å². The Morgan fingerprint density at radius 3 is 2.21 bits per heavy atom. The third kappa shape index (κ3) is 8.56. The summed E-state index contributed by atoms with van der Waals surface area (Å²) in [6.07, 6.45) is -5.32. The fraction of sp³-hybridized carbons (Fsp3) is 0.800. The summed E-state index contributed by atoms with van der Waals surface area (Å²) in [5.41, 5.74) is -1.15. The minimum absolute atomic E-state index is 0.00799. The number of aromatic amines is 1. The van der Waals surface area contributed by atoms with Crippen LogP contribution in [0.3, 0.4) is 0 Å². The zero-order valence-electron chi connectivity index (χ0n) is 22.1. The summed E-state index contributed by atoms with van der Waals surface area (Å²) in [5, 5.41) is 11.0. The van der Waals surface area contributed by atoms with E-state index in [1.807, 2.05) is 0 Å². The Hall–Kier alpha value is -0.870.